The fourth-order valence-electron chi connectivity index (χ4n) is 3.94. The Morgan fingerprint density at radius 2 is 2.12 bits per heavy atom. The highest BCUT2D eigenvalue weighted by Gasteiger charge is 2.29. The van der Waals surface area contributed by atoms with Crippen molar-refractivity contribution in [2.45, 2.75) is 32.6 Å². The van der Waals surface area contributed by atoms with Gasteiger partial charge in [-0.1, -0.05) is 19.4 Å². The van der Waals surface area contributed by atoms with E-state index in [9.17, 15) is 4.79 Å². The number of nitrogens with zero attached hydrogens (tertiary/aromatic N) is 2. The molecule has 1 amide bonds. The van der Waals surface area contributed by atoms with E-state index in [0.29, 0.717) is 0 Å². The Morgan fingerprint density at radius 3 is 2.84 bits per heavy atom. The van der Waals surface area contributed by atoms with Crippen LogP contribution in [0.5, 0.6) is 0 Å². The number of hydrogen-bond acceptors (Lipinski definition) is 3. The van der Waals surface area contributed by atoms with Crippen molar-refractivity contribution in [3.05, 3.63) is 45.8 Å². The van der Waals surface area contributed by atoms with E-state index in [1.807, 2.05) is 23.2 Å². The standard InChI is InChI=1S/C20H25N3OS/c1-2-15-6-7-17-16(13-15)14-18(25-17)20(24)23-11-9-22(10-12-23)19-5-3-4-8-21-19/h3-5,8,14-15H,2,6-7,9-13H2,1H3/p+1/t15-/m1/s1. The quantitative estimate of drug-likeness (QED) is 0.848. The van der Waals surface area contributed by atoms with Crippen molar-refractivity contribution < 1.29 is 9.78 Å². The van der Waals surface area contributed by atoms with Crippen molar-refractivity contribution in [3.8, 4) is 0 Å². The molecule has 1 aliphatic heterocycles. The van der Waals surface area contributed by atoms with E-state index in [1.165, 1.54) is 23.3 Å². The summed E-state index contributed by atoms with van der Waals surface area (Å²) >= 11 is 1.74. The van der Waals surface area contributed by atoms with E-state index < -0.39 is 0 Å². The Labute approximate surface area is 153 Å². The Kier molecular flexibility index (Phi) is 4.75. The second-order valence-corrected chi connectivity index (χ2v) is 8.24. The summed E-state index contributed by atoms with van der Waals surface area (Å²) in [7, 11) is 0. The van der Waals surface area contributed by atoms with Crippen LogP contribution in [0, 0.1) is 5.92 Å². The minimum Gasteiger partial charge on any atom is -0.330 e. The molecule has 132 valence electrons. The van der Waals surface area contributed by atoms with Gasteiger partial charge in [0, 0.05) is 10.9 Å². The molecule has 0 spiro atoms. The molecule has 0 unspecified atom stereocenters. The molecule has 1 aliphatic carbocycles. The van der Waals surface area contributed by atoms with Crippen molar-refractivity contribution in [2.24, 2.45) is 5.92 Å². The molecule has 3 heterocycles. The molecule has 25 heavy (non-hydrogen) atoms. The lowest BCUT2D eigenvalue weighted by atomic mass is 9.87. The fourth-order valence-corrected chi connectivity index (χ4v) is 5.12. The molecule has 2 aromatic rings. The summed E-state index contributed by atoms with van der Waals surface area (Å²) in [5.41, 5.74) is 1.43. The van der Waals surface area contributed by atoms with Gasteiger partial charge in [0.15, 0.2) is 0 Å². The van der Waals surface area contributed by atoms with Crippen molar-refractivity contribution >= 4 is 23.1 Å². The molecule has 4 rings (SSSR count). The maximum Gasteiger partial charge on any atom is 0.274 e. The number of nitrogens with one attached hydrogen (secondary N) is 1. The highest BCUT2D eigenvalue weighted by Crippen LogP contribution is 2.34. The van der Waals surface area contributed by atoms with Crippen molar-refractivity contribution in [2.75, 3.05) is 31.1 Å². The number of rotatable bonds is 3. The first-order valence-corrected chi connectivity index (χ1v) is 10.2. The molecule has 5 heteroatoms. The second kappa shape index (κ2) is 7.16. The van der Waals surface area contributed by atoms with Gasteiger partial charge < -0.3 is 4.90 Å². The fraction of sp³-hybridized carbons (Fsp3) is 0.500. The summed E-state index contributed by atoms with van der Waals surface area (Å²) in [6.07, 6.45) is 6.80. The van der Waals surface area contributed by atoms with E-state index in [2.05, 4.69) is 28.9 Å². The van der Waals surface area contributed by atoms with Crippen LogP contribution in [0.2, 0.25) is 0 Å². The van der Waals surface area contributed by atoms with E-state index in [4.69, 9.17) is 0 Å². The molecule has 2 aliphatic rings. The number of H-pyrrole nitrogens is 1. The van der Waals surface area contributed by atoms with E-state index in [-0.39, 0.29) is 5.91 Å². The Balaban J connectivity index is 1.40. The third-order valence-electron chi connectivity index (χ3n) is 5.57. The molecule has 2 aromatic heterocycles. The molecule has 1 saturated heterocycles. The van der Waals surface area contributed by atoms with Gasteiger partial charge in [-0.05, 0) is 42.9 Å². The van der Waals surface area contributed by atoms with Gasteiger partial charge in [-0.25, -0.2) is 4.98 Å². The van der Waals surface area contributed by atoms with Gasteiger partial charge in [0.1, 0.15) is 13.1 Å². The number of piperazine rings is 1. The summed E-state index contributed by atoms with van der Waals surface area (Å²) in [6, 6.07) is 8.31. The molecule has 0 saturated carbocycles. The first kappa shape index (κ1) is 16.6. The number of aromatic amines is 1. The Bertz CT molecular complexity index is 735. The predicted molar refractivity (Wildman–Crippen MR) is 101 cm³/mol. The summed E-state index contributed by atoms with van der Waals surface area (Å²) in [4.78, 5) is 22.9. The zero-order valence-electron chi connectivity index (χ0n) is 14.8. The van der Waals surface area contributed by atoms with Crippen molar-refractivity contribution in [1.29, 1.82) is 0 Å². The molecule has 4 nitrogen and oxygen atoms in total. The highest BCUT2D eigenvalue weighted by molar-refractivity contribution is 7.14. The van der Waals surface area contributed by atoms with Gasteiger partial charge in [-0.2, -0.15) is 0 Å². The van der Waals surface area contributed by atoms with Gasteiger partial charge in [0.25, 0.3) is 11.7 Å². The van der Waals surface area contributed by atoms with E-state index >= 15 is 0 Å². The first-order valence-electron chi connectivity index (χ1n) is 9.37. The molecule has 0 aromatic carbocycles. The van der Waals surface area contributed by atoms with Gasteiger partial charge in [0.05, 0.1) is 24.2 Å². The second-order valence-electron chi connectivity index (χ2n) is 7.10. The maximum atomic E-state index is 12.9. The van der Waals surface area contributed by atoms with E-state index in [1.54, 1.807) is 11.3 Å². The number of carbonyl (C=O) groups excluding carboxylic acids is 1. The third-order valence-corrected chi connectivity index (χ3v) is 6.80. The summed E-state index contributed by atoms with van der Waals surface area (Å²) < 4.78 is 0. The predicted octanol–water partition coefficient (Wildman–Crippen LogP) is 3.04. The number of pyridine rings is 1. The zero-order chi connectivity index (χ0) is 17.2. The number of amides is 1. The monoisotopic (exact) mass is 356 g/mol. The van der Waals surface area contributed by atoms with Crippen LogP contribution >= 0.6 is 11.3 Å². The van der Waals surface area contributed by atoms with Gasteiger partial charge in [-0.3, -0.25) is 9.69 Å². The molecule has 1 fully saturated rings. The van der Waals surface area contributed by atoms with Crippen LogP contribution in [0.4, 0.5) is 5.82 Å². The first-order chi connectivity index (χ1) is 12.2. The average molecular weight is 357 g/mol. The number of fused-ring (bicyclic) bond motifs is 1. The number of carbonyl (C=O) groups is 1. The molecular weight excluding hydrogens is 330 g/mol. The minimum atomic E-state index is 0.226. The van der Waals surface area contributed by atoms with Gasteiger partial charge >= 0.3 is 0 Å². The lowest BCUT2D eigenvalue weighted by Crippen LogP contribution is -2.49. The summed E-state index contributed by atoms with van der Waals surface area (Å²) in [5, 5.41) is 0. The Hall–Kier alpha value is -1.88. The van der Waals surface area contributed by atoms with Crippen molar-refractivity contribution in [3.63, 3.8) is 0 Å². The molecule has 1 N–H and O–H groups in total. The SMILES string of the molecule is CC[C@@H]1CCc2sc(C(=O)N3CCN(c4cccc[nH+]4)CC3)cc2C1. The van der Waals surface area contributed by atoms with Crippen LogP contribution in [0.25, 0.3) is 0 Å². The van der Waals surface area contributed by atoms with Crippen LogP contribution in [0.15, 0.2) is 30.5 Å². The van der Waals surface area contributed by atoms with Crippen LogP contribution in [0.1, 0.15) is 39.9 Å². The molecule has 0 bridgehead atoms. The number of thiophene rings is 1. The molecular formula is C20H26N3OS+. The smallest absolute Gasteiger partial charge is 0.274 e. The average Bonchev–Trinajstić information content (AvgIpc) is 3.11. The molecule has 0 radical (unpaired) electrons. The topological polar surface area (TPSA) is 37.7 Å². The van der Waals surface area contributed by atoms with E-state index in [0.717, 1.165) is 55.6 Å². The van der Waals surface area contributed by atoms with Crippen LogP contribution < -0.4 is 9.88 Å². The lowest BCUT2D eigenvalue weighted by Gasteiger charge is -2.30. The maximum absolute atomic E-state index is 12.9. The lowest BCUT2D eigenvalue weighted by molar-refractivity contribution is -0.364. The minimum absolute atomic E-state index is 0.226. The van der Waals surface area contributed by atoms with Crippen LogP contribution in [-0.2, 0) is 12.8 Å². The third kappa shape index (κ3) is 3.43. The zero-order valence-corrected chi connectivity index (χ0v) is 15.6. The largest absolute Gasteiger partial charge is 0.330 e. The molecule has 1 atom stereocenters. The summed E-state index contributed by atoms with van der Waals surface area (Å²) in [6.45, 7) is 5.63. The van der Waals surface area contributed by atoms with Gasteiger partial charge in [0.2, 0.25) is 0 Å². The number of aryl methyl sites for hydroxylation is 1. The van der Waals surface area contributed by atoms with Gasteiger partial charge in [-0.15, -0.1) is 11.3 Å². The number of hydrogen-bond donors (Lipinski definition) is 0. The summed E-state index contributed by atoms with van der Waals surface area (Å²) in [5.74, 6) is 2.16. The number of anilines is 1. The Morgan fingerprint density at radius 1 is 1.28 bits per heavy atom. The van der Waals surface area contributed by atoms with Crippen LogP contribution in [0.3, 0.4) is 0 Å². The highest BCUT2D eigenvalue weighted by atomic mass is 32.1. The van der Waals surface area contributed by atoms with Crippen LogP contribution in [-0.4, -0.2) is 37.0 Å². The van der Waals surface area contributed by atoms with Crippen molar-refractivity contribution in [1.82, 2.24) is 4.90 Å². The number of aromatic nitrogens is 1. The normalized spacial score (nSPS) is 20.4.